The monoisotopic (exact) mass is 341 g/mol. The lowest BCUT2D eigenvalue weighted by atomic mass is 10.0. The number of carbonyl (C=O) groups is 1. The molecule has 0 unspecified atom stereocenters. The molecule has 24 heavy (non-hydrogen) atoms. The van der Waals surface area contributed by atoms with Gasteiger partial charge in [0.05, 0.1) is 5.52 Å². The van der Waals surface area contributed by atoms with Crippen LogP contribution in [0.4, 0.5) is 4.79 Å². The van der Waals surface area contributed by atoms with E-state index in [1.54, 1.807) is 4.57 Å². The molecule has 3 rings (SSSR count). The predicted octanol–water partition coefficient (Wildman–Crippen LogP) is 5.83. The van der Waals surface area contributed by atoms with Gasteiger partial charge in [0.1, 0.15) is 5.60 Å². The fourth-order valence-corrected chi connectivity index (χ4v) is 2.99. The van der Waals surface area contributed by atoms with Crippen LogP contribution in [0.3, 0.4) is 0 Å². The highest BCUT2D eigenvalue weighted by molar-refractivity contribution is 6.18. The summed E-state index contributed by atoms with van der Waals surface area (Å²) in [7, 11) is 0. The van der Waals surface area contributed by atoms with E-state index in [2.05, 4.69) is 0 Å². The van der Waals surface area contributed by atoms with Crippen molar-refractivity contribution in [3.05, 3.63) is 60.3 Å². The van der Waals surface area contributed by atoms with Gasteiger partial charge in [-0.1, -0.05) is 42.5 Å². The van der Waals surface area contributed by atoms with Crippen molar-refractivity contribution in [1.29, 1.82) is 0 Å². The molecule has 0 bridgehead atoms. The van der Waals surface area contributed by atoms with Crippen LogP contribution < -0.4 is 0 Å². The zero-order valence-corrected chi connectivity index (χ0v) is 14.8. The first-order valence-corrected chi connectivity index (χ1v) is 8.42. The SMILES string of the molecule is CC(C)(C)OC(=O)n1cc(-c2ccccc2)c2c(CCl)cccc21. The topological polar surface area (TPSA) is 31.2 Å². The predicted molar refractivity (Wildman–Crippen MR) is 98.6 cm³/mol. The molecule has 0 amide bonds. The first-order chi connectivity index (χ1) is 11.4. The van der Waals surface area contributed by atoms with E-state index >= 15 is 0 Å². The quantitative estimate of drug-likeness (QED) is 0.549. The highest BCUT2D eigenvalue weighted by Crippen LogP contribution is 2.34. The Kier molecular flexibility index (Phi) is 4.37. The van der Waals surface area contributed by atoms with E-state index in [4.69, 9.17) is 16.3 Å². The molecule has 0 aliphatic carbocycles. The van der Waals surface area contributed by atoms with E-state index in [-0.39, 0.29) is 6.09 Å². The normalized spacial score (nSPS) is 11.7. The van der Waals surface area contributed by atoms with Crippen LogP contribution in [-0.2, 0) is 10.6 Å². The Morgan fingerprint density at radius 2 is 1.79 bits per heavy atom. The summed E-state index contributed by atoms with van der Waals surface area (Å²) in [5.74, 6) is 0.384. The van der Waals surface area contributed by atoms with Crippen LogP contribution in [0.25, 0.3) is 22.0 Å². The molecule has 124 valence electrons. The number of fused-ring (bicyclic) bond motifs is 1. The number of hydrogen-bond donors (Lipinski definition) is 0. The minimum Gasteiger partial charge on any atom is -0.443 e. The van der Waals surface area contributed by atoms with Crippen LogP contribution in [0, 0.1) is 0 Å². The van der Waals surface area contributed by atoms with Crippen LogP contribution in [0.1, 0.15) is 26.3 Å². The van der Waals surface area contributed by atoms with Gasteiger partial charge < -0.3 is 4.74 Å². The Morgan fingerprint density at radius 1 is 1.08 bits per heavy atom. The first kappa shape index (κ1) is 16.6. The Morgan fingerprint density at radius 3 is 2.42 bits per heavy atom. The summed E-state index contributed by atoms with van der Waals surface area (Å²) in [5.41, 5.74) is 3.27. The number of nitrogens with zero attached hydrogens (tertiary/aromatic N) is 1. The van der Waals surface area contributed by atoms with E-state index in [1.807, 2.05) is 75.5 Å². The van der Waals surface area contributed by atoms with Gasteiger partial charge in [-0.15, -0.1) is 11.6 Å². The molecule has 0 aliphatic rings. The molecule has 0 radical (unpaired) electrons. The highest BCUT2D eigenvalue weighted by atomic mass is 35.5. The highest BCUT2D eigenvalue weighted by Gasteiger charge is 2.22. The van der Waals surface area contributed by atoms with Crippen molar-refractivity contribution in [2.24, 2.45) is 0 Å². The lowest BCUT2D eigenvalue weighted by Gasteiger charge is -2.19. The molecule has 0 N–H and O–H groups in total. The van der Waals surface area contributed by atoms with E-state index in [0.29, 0.717) is 5.88 Å². The number of halogens is 1. The minimum absolute atomic E-state index is 0.384. The molecule has 0 fully saturated rings. The first-order valence-electron chi connectivity index (χ1n) is 7.88. The van der Waals surface area contributed by atoms with Crippen LogP contribution in [0.15, 0.2) is 54.7 Å². The summed E-state index contributed by atoms with van der Waals surface area (Å²) in [6, 6.07) is 15.8. The van der Waals surface area contributed by atoms with Crippen molar-refractivity contribution in [2.45, 2.75) is 32.3 Å². The van der Waals surface area contributed by atoms with Gasteiger partial charge in [-0.2, -0.15) is 0 Å². The number of hydrogen-bond acceptors (Lipinski definition) is 2. The summed E-state index contributed by atoms with van der Waals surface area (Å²) in [5, 5.41) is 0.990. The molecule has 1 aromatic heterocycles. The Balaban J connectivity index is 2.24. The van der Waals surface area contributed by atoms with Crippen molar-refractivity contribution in [3.8, 4) is 11.1 Å². The number of ether oxygens (including phenoxy) is 1. The number of rotatable bonds is 2. The average Bonchev–Trinajstić information content (AvgIpc) is 2.94. The molecule has 0 saturated heterocycles. The Labute approximate surface area is 146 Å². The largest absolute Gasteiger partial charge is 0.443 e. The maximum absolute atomic E-state index is 12.6. The van der Waals surface area contributed by atoms with E-state index in [1.165, 1.54) is 0 Å². The summed E-state index contributed by atoms with van der Waals surface area (Å²) in [6.45, 7) is 5.58. The molecule has 2 aromatic carbocycles. The van der Waals surface area contributed by atoms with E-state index < -0.39 is 5.60 Å². The lowest BCUT2D eigenvalue weighted by Crippen LogP contribution is -2.26. The molecular formula is C20H20ClNO2. The third-order valence-electron chi connectivity index (χ3n) is 3.73. The zero-order valence-electron chi connectivity index (χ0n) is 14.0. The van der Waals surface area contributed by atoms with Crippen molar-refractivity contribution in [1.82, 2.24) is 4.57 Å². The number of carbonyl (C=O) groups excluding carboxylic acids is 1. The molecule has 0 saturated carbocycles. The fraction of sp³-hybridized carbons (Fsp3) is 0.250. The third kappa shape index (κ3) is 3.17. The number of benzene rings is 2. The average molecular weight is 342 g/mol. The van der Waals surface area contributed by atoms with Gasteiger partial charge >= 0.3 is 6.09 Å². The standard InChI is InChI=1S/C20H20ClNO2/c1-20(2,3)24-19(23)22-13-16(14-8-5-4-6-9-14)18-15(12-21)10-7-11-17(18)22/h4-11,13H,12H2,1-3H3. The smallest absolute Gasteiger partial charge is 0.419 e. The van der Waals surface area contributed by atoms with Crippen LogP contribution in [0.5, 0.6) is 0 Å². The third-order valence-corrected chi connectivity index (χ3v) is 4.02. The summed E-state index contributed by atoms with van der Waals surface area (Å²) in [6.07, 6.45) is 1.45. The van der Waals surface area contributed by atoms with E-state index in [0.717, 1.165) is 27.6 Å². The Bertz CT molecular complexity index is 876. The number of aromatic nitrogens is 1. The van der Waals surface area contributed by atoms with Gasteiger partial charge in [-0.05, 0) is 38.0 Å². The summed E-state index contributed by atoms with van der Waals surface area (Å²) >= 11 is 6.14. The molecule has 4 heteroatoms. The molecule has 3 aromatic rings. The maximum atomic E-state index is 12.6. The maximum Gasteiger partial charge on any atom is 0.419 e. The van der Waals surface area contributed by atoms with Crippen LogP contribution in [-0.4, -0.2) is 16.3 Å². The molecule has 0 spiro atoms. The minimum atomic E-state index is -0.551. The Hall–Kier alpha value is -2.26. The molecule has 0 aliphatic heterocycles. The van der Waals surface area contributed by atoms with Gasteiger partial charge in [-0.25, -0.2) is 4.79 Å². The van der Waals surface area contributed by atoms with Crippen molar-refractivity contribution in [3.63, 3.8) is 0 Å². The lowest BCUT2D eigenvalue weighted by molar-refractivity contribution is 0.0544. The van der Waals surface area contributed by atoms with Crippen molar-refractivity contribution < 1.29 is 9.53 Å². The second kappa shape index (κ2) is 6.33. The van der Waals surface area contributed by atoms with Crippen molar-refractivity contribution >= 4 is 28.6 Å². The second-order valence-electron chi connectivity index (χ2n) is 6.70. The van der Waals surface area contributed by atoms with Gasteiger partial charge in [0.25, 0.3) is 0 Å². The fourth-order valence-electron chi connectivity index (χ4n) is 2.77. The van der Waals surface area contributed by atoms with Crippen LogP contribution in [0.2, 0.25) is 0 Å². The molecule has 0 atom stereocenters. The van der Waals surface area contributed by atoms with E-state index in [9.17, 15) is 4.79 Å². The summed E-state index contributed by atoms with van der Waals surface area (Å²) in [4.78, 5) is 12.6. The van der Waals surface area contributed by atoms with Crippen molar-refractivity contribution in [2.75, 3.05) is 0 Å². The zero-order chi connectivity index (χ0) is 17.3. The van der Waals surface area contributed by atoms with Gasteiger partial charge in [0, 0.05) is 23.0 Å². The molecule has 1 heterocycles. The van der Waals surface area contributed by atoms with Gasteiger partial charge in [-0.3, -0.25) is 4.57 Å². The number of alkyl halides is 1. The van der Waals surface area contributed by atoms with Gasteiger partial charge in [0.15, 0.2) is 0 Å². The van der Waals surface area contributed by atoms with Crippen LogP contribution >= 0.6 is 11.6 Å². The molecule has 3 nitrogen and oxygen atoms in total. The second-order valence-corrected chi connectivity index (χ2v) is 6.97. The van der Waals surface area contributed by atoms with Gasteiger partial charge in [0.2, 0.25) is 0 Å². The summed E-state index contributed by atoms with van der Waals surface area (Å²) < 4.78 is 7.11. The molecular weight excluding hydrogens is 322 g/mol.